The van der Waals surface area contributed by atoms with E-state index in [1.165, 1.54) is 27.8 Å². The van der Waals surface area contributed by atoms with Gasteiger partial charge in [0.1, 0.15) is 5.82 Å². The Hall–Kier alpha value is -8.89. The van der Waals surface area contributed by atoms with Crippen molar-refractivity contribution in [3.8, 4) is 95.5 Å². The first-order chi connectivity index (χ1) is 45.3. The van der Waals surface area contributed by atoms with Gasteiger partial charge in [-0.1, -0.05) is 261 Å². The van der Waals surface area contributed by atoms with Crippen LogP contribution in [0.25, 0.3) is 117 Å². The third-order valence-electron chi connectivity index (χ3n) is 18.2. The average molecular weight is 1390 g/mol. The maximum absolute atomic E-state index is 9.57. The summed E-state index contributed by atoms with van der Waals surface area (Å²) in [7, 11) is 0. The van der Waals surface area contributed by atoms with Crippen LogP contribution in [0.2, 0.25) is 0 Å². The van der Waals surface area contributed by atoms with Crippen molar-refractivity contribution in [3.05, 3.63) is 259 Å². The summed E-state index contributed by atoms with van der Waals surface area (Å²) in [6.45, 7) is 33.9. The van der Waals surface area contributed by atoms with Crippen molar-refractivity contribution in [1.29, 1.82) is 0 Å². The molecule has 0 fully saturated rings. The summed E-state index contributed by atoms with van der Waals surface area (Å²) in [5, 5.41) is 2.13. The van der Waals surface area contributed by atoms with E-state index in [9.17, 15) is 2.74 Å². The van der Waals surface area contributed by atoms with Gasteiger partial charge >= 0.3 is 0 Å². The molecule has 0 bridgehead atoms. The molecule has 0 saturated heterocycles. The third-order valence-corrected chi connectivity index (χ3v) is 18.2. The Bertz CT molecular complexity index is 5280. The summed E-state index contributed by atoms with van der Waals surface area (Å²) < 4.78 is 59.5. The molecule has 0 aliphatic carbocycles. The van der Waals surface area contributed by atoms with Crippen molar-refractivity contribution in [2.75, 3.05) is 0 Å². The number of rotatable bonds is 7. The summed E-state index contributed by atoms with van der Waals surface area (Å²) >= 11 is 0. The second kappa shape index (κ2) is 22.7. The molecule has 0 N–H and O–H groups in total. The fourth-order valence-electron chi connectivity index (χ4n) is 13.0. The number of hydrogen-bond acceptors (Lipinski definition) is 2. The predicted molar refractivity (Wildman–Crippen MR) is 380 cm³/mol. The van der Waals surface area contributed by atoms with Crippen LogP contribution in [-0.4, -0.2) is 14.1 Å². The van der Waals surface area contributed by atoms with Crippen LogP contribution in [0, 0.1) is 18.5 Å². The Balaban J connectivity index is 0.00000849. The number of fused-ring (bicyclic) bond motifs is 10. The van der Waals surface area contributed by atoms with E-state index in [1.807, 2.05) is 42.6 Å². The summed E-state index contributed by atoms with van der Waals surface area (Å²) in [5.41, 5.74) is 20.0. The Morgan fingerprint density at radius 2 is 0.978 bits per heavy atom. The van der Waals surface area contributed by atoms with Gasteiger partial charge in [0.05, 0.1) is 23.6 Å². The first-order valence-corrected chi connectivity index (χ1v) is 31.8. The van der Waals surface area contributed by atoms with Gasteiger partial charge in [-0.05, 0) is 157 Å². The van der Waals surface area contributed by atoms with E-state index >= 15 is 0 Å². The molecular formula is C86H80N4OPt-2. The zero-order chi connectivity index (χ0) is 68.0. The second-order valence-corrected chi connectivity index (χ2v) is 29.8. The molecule has 14 rings (SSSR count). The summed E-state index contributed by atoms with van der Waals surface area (Å²) in [5.74, 6) is 1.81. The van der Waals surface area contributed by atoms with Gasteiger partial charge in [-0.15, -0.1) is 29.7 Å². The third kappa shape index (κ3) is 11.1. The molecule has 0 radical (unpaired) electrons. The molecule has 0 atom stereocenters. The van der Waals surface area contributed by atoms with E-state index in [4.69, 9.17) is 13.8 Å². The zero-order valence-corrected chi connectivity index (χ0v) is 57.6. The van der Waals surface area contributed by atoms with Gasteiger partial charge < -0.3 is 13.9 Å². The largest absolute Gasteiger partial charge is 0.510 e. The molecule has 5 nitrogen and oxygen atoms in total. The number of para-hydroxylation sites is 2. The van der Waals surface area contributed by atoms with Gasteiger partial charge in [0.15, 0.2) is 0 Å². The molecule has 1 aliphatic heterocycles. The molecule has 10 aromatic carbocycles. The van der Waals surface area contributed by atoms with Gasteiger partial charge in [-0.25, -0.2) is 4.98 Å². The van der Waals surface area contributed by atoms with Crippen LogP contribution in [0.5, 0.6) is 11.5 Å². The fraction of sp³-hybridized carbons (Fsp3) is 0.233. The normalized spacial score (nSPS) is 13.4. The minimum absolute atomic E-state index is 0. The number of pyridine rings is 1. The fourth-order valence-corrected chi connectivity index (χ4v) is 13.0. The average Bonchev–Trinajstić information content (AvgIpc) is 1.64. The van der Waals surface area contributed by atoms with Crippen LogP contribution < -0.4 is 9.30 Å². The number of ether oxygens (including phenoxy) is 1. The summed E-state index contributed by atoms with van der Waals surface area (Å²) in [6.07, 6.45) is 5.96. The summed E-state index contributed by atoms with van der Waals surface area (Å²) in [4.78, 5) is 4.94. The molecule has 4 heterocycles. The van der Waals surface area contributed by atoms with Crippen molar-refractivity contribution in [3.63, 3.8) is 0 Å². The van der Waals surface area contributed by atoms with Crippen molar-refractivity contribution in [1.82, 2.24) is 14.1 Å². The van der Waals surface area contributed by atoms with E-state index in [1.54, 1.807) is 0 Å². The van der Waals surface area contributed by atoms with E-state index in [-0.39, 0.29) is 65.8 Å². The second-order valence-electron chi connectivity index (χ2n) is 29.8. The van der Waals surface area contributed by atoms with Crippen molar-refractivity contribution < 1.29 is 37.2 Å². The molecule has 1 aliphatic rings. The topological polar surface area (TPSA) is 35.9 Å². The van der Waals surface area contributed by atoms with E-state index in [0.29, 0.717) is 22.7 Å². The molecule has 3 aromatic heterocycles. The first-order valence-electron chi connectivity index (χ1n) is 34.3. The van der Waals surface area contributed by atoms with Crippen LogP contribution in [0.1, 0.15) is 139 Å². The monoisotopic (exact) mass is 1380 g/mol. The van der Waals surface area contributed by atoms with Crippen LogP contribution >= 0.6 is 0 Å². The standard InChI is InChI=1S/C86H80N4O.Pt/c1-82(2,3)58-40-41-87-78(50-58)90-75-37-22-21-31-69(75)70-39-38-65(52-76(70)90)91-64-29-23-28-63(51-64)88-53-89-80-67(57-44-61(85(10,11)12)49-62(45-57)86(13,14)15)34-25-36-73(80)72-35-24-33-66(54-26-17-16-18-27-54)79(72)71-32-20-19-30-68(71)74-46-56(47-77(88)81(74)89)55-42-59(83(4,5)6)48-60(43-55)84(7,8)9;/h16-50H,1-15H3;/q-2;/i16D,17D,18D,26D,27D;. The molecular weight excluding hydrogens is 1300 g/mol. The van der Waals surface area contributed by atoms with Crippen LogP contribution in [0.15, 0.2) is 212 Å². The number of benzene rings is 10. The van der Waals surface area contributed by atoms with Crippen LogP contribution in [0.3, 0.4) is 0 Å². The maximum Gasteiger partial charge on any atom is 0.268 e. The molecule has 0 saturated carbocycles. The molecule has 6 heteroatoms. The van der Waals surface area contributed by atoms with Gasteiger partial charge in [-0.2, -0.15) is 18.2 Å². The number of hydrogen-bond donors (Lipinski definition) is 0. The van der Waals surface area contributed by atoms with Crippen LogP contribution in [-0.2, 0) is 48.1 Å². The van der Waals surface area contributed by atoms with Gasteiger partial charge in [0.2, 0.25) is 0 Å². The maximum atomic E-state index is 9.57. The molecule has 462 valence electrons. The van der Waals surface area contributed by atoms with E-state index < -0.39 is 18.1 Å². The van der Waals surface area contributed by atoms with Crippen molar-refractivity contribution in [2.45, 2.75) is 131 Å². The number of nitrogens with zero attached hydrogens (tertiary/aromatic N) is 4. The predicted octanol–water partition coefficient (Wildman–Crippen LogP) is 22.4. The first kappa shape index (κ1) is 55.9. The molecule has 0 spiro atoms. The summed E-state index contributed by atoms with van der Waals surface area (Å²) in [6, 6.07) is 68.0. The van der Waals surface area contributed by atoms with Gasteiger partial charge in [0, 0.05) is 44.3 Å². The molecule has 0 amide bonds. The number of imidazole rings is 1. The number of aromatic nitrogens is 4. The Morgan fingerprint density at radius 1 is 0.424 bits per heavy atom. The van der Waals surface area contributed by atoms with Crippen molar-refractivity contribution >= 4 is 32.8 Å². The van der Waals surface area contributed by atoms with E-state index in [0.717, 1.165) is 100.0 Å². The van der Waals surface area contributed by atoms with Crippen molar-refractivity contribution in [2.24, 2.45) is 0 Å². The smallest absolute Gasteiger partial charge is 0.268 e. The minimum atomic E-state index is -0.440. The SMILES string of the molecule is [2H]c1c([2H])c([2H])c(-c2cccc3c2-c2ccccc2-c2cc(-c4cc(C(C)(C)C)cc(C(C)(C)C)c4)cc4c2[n+]([c-]n4-c2[c-]c(Oc4[c-]c5c(cc4)c4ccccc4n5-c4cc(C(C)(C)C)ccn4)ccc2)-c2c(-c4cc(C(C)(C)C)cc(C(C)(C)C)c4)cccc2-3)c([2H])c1[2H].[Pt]. The Labute approximate surface area is 565 Å². The van der Waals surface area contributed by atoms with Gasteiger partial charge in [-0.3, -0.25) is 4.57 Å². The van der Waals surface area contributed by atoms with Gasteiger partial charge in [0.25, 0.3) is 6.33 Å². The van der Waals surface area contributed by atoms with Crippen LogP contribution in [0.4, 0.5) is 0 Å². The van der Waals surface area contributed by atoms with E-state index in [2.05, 4.69) is 276 Å². The Morgan fingerprint density at radius 3 is 1.64 bits per heavy atom. The minimum Gasteiger partial charge on any atom is -0.510 e. The molecule has 92 heavy (non-hydrogen) atoms. The molecule has 0 unspecified atom stereocenters. The molecule has 13 aromatic rings. The zero-order valence-electron chi connectivity index (χ0n) is 60.3. The Kier molecular flexibility index (Phi) is 13.8. The quantitative estimate of drug-likeness (QED) is 0.118.